The molecule has 0 spiro atoms. The molecule has 0 radical (unpaired) electrons. The second-order valence-corrected chi connectivity index (χ2v) is 5.81. The van der Waals surface area contributed by atoms with Gasteiger partial charge in [-0.05, 0) is 31.0 Å². The topological polar surface area (TPSA) is 88.2 Å². The molecule has 0 bridgehead atoms. The van der Waals surface area contributed by atoms with Crippen molar-refractivity contribution in [3.8, 4) is 11.5 Å². The van der Waals surface area contributed by atoms with Gasteiger partial charge in [-0.15, -0.1) is 10.2 Å². The van der Waals surface area contributed by atoms with Crippen molar-refractivity contribution in [2.45, 2.75) is 38.1 Å². The molecule has 0 aliphatic heterocycles. The first kappa shape index (κ1) is 14.7. The number of amides is 1. The molecule has 1 aliphatic rings. The molecular formula is C16H19N3O3. The molecule has 1 aromatic heterocycles. The lowest BCUT2D eigenvalue weighted by Gasteiger charge is -2.28. The Kier molecular flexibility index (Phi) is 3.94. The van der Waals surface area contributed by atoms with Gasteiger partial charge in [-0.25, -0.2) is 0 Å². The van der Waals surface area contributed by atoms with E-state index in [1.54, 1.807) is 25.1 Å². The molecule has 6 nitrogen and oxygen atoms in total. The summed E-state index contributed by atoms with van der Waals surface area (Å²) in [5, 5.41) is 20.3. The first-order valence-corrected chi connectivity index (χ1v) is 7.46. The molecule has 1 heterocycles. The number of rotatable bonds is 4. The Morgan fingerprint density at radius 1 is 1.36 bits per heavy atom. The highest BCUT2D eigenvalue weighted by Gasteiger charge is 2.34. The van der Waals surface area contributed by atoms with Crippen LogP contribution in [0.5, 0.6) is 0 Å². The predicted molar refractivity (Wildman–Crippen MR) is 80.2 cm³/mol. The summed E-state index contributed by atoms with van der Waals surface area (Å²) in [4.78, 5) is 12.5. The first-order chi connectivity index (χ1) is 10.6. The molecule has 0 unspecified atom stereocenters. The van der Waals surface area contributed by atoms with Crippen LogP contribution in [0.1, 0.15) is 41.9 Å². The van der Waals surface area contributed by atoms with Crippen molar-refractivity contribution < 1.29 is 14.3 Å². The van der Waals surface area contributed by atoms with E-state index in [0.29, 0.717) is 22.9 Å². The lowest BCUT2D eigenvalue weighted by molar-refractivity contribution is 0.0838. The summed E-state index contributed by atoms with van der Waals surface area (Å²) < 4.78 is 5.38. The van der Waals surface area contributed by atoms with Gasteiger partial charge in [0.25, 0.3) is 5.91 Å². The number of aliphatic hydroxyl groups excluding tert-OH is 1. The molecule has 1 aromatic carbocycles. The van der Waals surface area contributed by atoms with Crippen LogP contribution in [-0.2, 0) is 0 Å². The standard InChI is InChI=1S/C16H19N3O3/c1-11-18-19-15(22-11)13-6-4-5-12(9-13)14(21)17-16(10-20)7-2-3-8-16/h4-6,9,20H,2-3,7-8,10H2,1H3,(H,17,21). The van der Waals surface area contributed by atoms with Gasteiger partial charge in [0, 0.05) is 18.1 Å². The Bertz CT molecular complexity index is 675. The summed E-state index contributed by atoms with van der Waals surface area (Å²) in [6.07, 6.45) is 3.69. The number of nitrogens with one attached hydrogen (secondary N) is 1. The lowest BCUT2D eigenvalue weighted by Crippen LogP contribution is -2.49. The molecule has 6 heteroatoms. The molecule has 22 heavy (non-hydrogen) atoms. The van der Waals surface area contributed by atoms with Crippen LogP contribution in [0, 0.1) is 6.92 Å². The van der Waals surface area contributed by atoms with E-state index in [9.17, 15) is 9.90 Å². The maximum Gasteiger partial charge on any atom is 0.251 e. The number of carbonyl (C=O) groups excluding carboxylic acids is 1. The third kappa shape index (κ3) is 2.87. The maximum atomic E-state index is 12.5. The third-order valence-corrected chi connectivity index (χ3v) is 4.14. The van der Waals surface area contributed by atoms with Crippen LogP contribution in [0.4, 0.5) is 0 Å². The van der Waals surface area contributed by atoms with E-state index in [0.717, 1.165) is 25.7 Å². The van der Waals surface area contributed by atoms with Gasteiger partial charge >= 0.3 is 0 Å². The van der Waals surface area contributed by atoms with Gasteiger partial charge in [-0.1, -0.05) is 18.9 Å². The Morgan fingerprint density at radius 2 is 2.14 bits per heavy atom. The summed E-state index contributed by atoms with van der Waals surface area (Å²) in [6, 6.07) is 7.07. The minimum atomic E-state index is -0.478. The van der Waals surface area contributed by atoms with Crippen LogP contribution in [0.15, 0.2) is 28.7 Å². The van der Waals surface area contributed by atoms with Crippen molar-refractivity contribution in [3.63, 3.8) is 0 Å². The largest absolute Gasteiger partial charge is 0.421 e. The smallest absolute Gasteiger partial charge is 0.251 e. The van der Waals surface area contributed by atoms with E-state index in [2.05, 4.69) is 15.5 Å². The van der Waals surface area contributed by atoms with Crippen LogP contribution in [0.3, 0.4) is 0 Å². The Morgan fingerprint density at radius 3 is 2.77 bits per heavy atom. The van der Waals surface area contributed by atoms with E-state index < -0.39 is 5.54 Å². The second kappa shape index (κ2) is 5.88. The Labute approximate surface area is 128 Å². The normalized spacial score (nSPS) is 16.6. The minimum absolute atomic E-state index is 0.0265. The minimum Gasteiger partial charge on any atom is -0.421 e. The number of carbonyl (C=O) groups is 1. The van der Waals surface area contributed by atoms with Crippen LogP contribution < -0.4 is 5.32 Å². The molecule has 1 amide bonds. The fraction of sp³-hybridized carbons (Fsp3) is 0.438. The van der Waals surface area contributed by atoms with Crippen molar-refractivity contribution in [3.05, 3.63) is 35.7 Å². The van der Waals surface area contributed by atoms with E-state index in [1.807, 2.05) is 6.07 Å². The number of hydrogen-bond acceptors (Lipinski definition) is 5. The summed E-state index contributed by atoms with van der Waals surface area (Å²) >= 11 is 0. The second-order valence-electron chi connectivity index (χ2n) is 5.81. The number of aryl methyl sites for hydroxylation is 1. The molecule has 0 saturated heterocycles. The number of hydrogen-bond donors (Lipinski definition) is 2. The van der Waals surface area contributed by atoms with Gasteiger partial charge in [-0.2, -0.15) is 0 Å². The number of benzene rings is 1. The molecule has 1 fully saturated rings. The van der Waals surface area contributed by atoms with Crippen LogP contribution in [0.2, 0.25) is 0 Å². The highest BCUT2D eigenvalue weighted by atomic mass is 16.4. The van der Waals surface area contributed by atoms with Gasteiger partial charge in [-0.3, -0.25) is 4.79 Å². The van der Waals surface area contributed by atoms with E-state index >= 15 is 0 Å². The van der Waals surface area contributed by atoms with Crippen LogP contribution in [0.25, 0.3) is 11.5 Å². The number of aromatic nitrogens is 2. The number of nitrogens with zero attached hydrogens (tertiary/aromatic N) is 2. The molecule has 2 N–H and O–H groups in total. The Hall–Kier alpha value is -2.21. The van der Waals surface area contributed by atoms with Crippen molar-refractivity contribution in [2.75, 3.05) is 6.61 Å². The summed E-state index contributed by atoms with van der Waals surface area (Å²) in [5.74, 6) is 0.689. The van der Waals surface area contributed by atoms with E-state index in [1.165, 1.54) is 0 Å². The molecule has 3 rings (SSSR count). The average Bonchev–Trinajstić information content (AvgIpc) is 3.17. The van der Waals surface area contributed by atoms with Gasteiger partial charge in [0.05, 0.1) is 12.1 Å². The summed E-state index contributed by atoms with van der Waals surface area (Å²) in [5.41, 5.74) is 0.750. The predicted octanol–water partition coefficient (Wildman–Crippen LogP) is 2.08. The molecule has 116 valence electrons. The zero-order chi connectivity index (χ0) is 15.6. The number of aliphatic hydroxyl groups is 1. The fourth-order valence-electron chi connectivity index (χ4n) is 2.89. The van der Waals surface area contributed by atoms with Crippen LogP contribution in [-0.4, -0.2) is 33.4 Å². The van der Waals surface area contributed by atoms with Gasteiger partial charge < -0.3 is 14.8 Å². The van der Waals surface area contributed by atoms with Crippen molar-refractivity contribution in [1.29, 1.82) is 0 Å². The van der Waals surface area contributed by atoms with Crippen molar-refractivity contribution in [2.24, 2.45) is 0 Å². The van der Waals surface area contributed by atoms with Gasteiger partial charge in [0.1, 0.15) is 0 Å². The fourth-order valence-corrected chi connectivity index (χ4v) is 2.89. The first-order valence-electron chi connectivity index (χ1n) is 7.46. The van der Waals surface area contributed by atoms with Gasteiger partial charge in [0.15, 0.2) is 0 Å². The lowest BCUT2D eigenvalue weighted by atomic mass is 9.98. The van der Waals surface area contributed by atoms with Crippen LogP contribution >= 0.6 is 0 Å². The zero-order valence-electron chi connectivity index (χ0n) is 12.5. The van der Waals surface area contributed by atoms with E-state index in [-0.39, 0.29) is 12.5 Å². The van der Waals surface area contributed by atoms with E-state index in [4.69, 9.17) is 4.42 Å². The monoisotopic (exact) mass is 301 g/mol. The summed E-state index contributed by atoms with van der Waals surface area (Å²) in [7, 11) is 0. The molecule has 0 atom stereocenters. The highest BCUT2D eigenvalue weighted by molar-refractivity contribution is 5.95. The van der Waals surface area contributed by atoms with Crippen molar-refractivity contribution >= 4 is 5.91 Å². The average molecular weight is 301 g/mol. The molecular weight excluding hydrogens is 282 g/mol. The van der Waals surface area contributed by atoms with Gasteiger partial charge in [0.2, 0.25) is 11.8 Å². The molecule has 2 aromatic rings. The SMILES string of the molecule is Cc1nnc(-c2cccc(C(=O)NC3(CO)CCCC3)c2)o1. The Balaban J connectivity index is 1.81. The quantitative estimate of drug-likeness (QED) is 0.902. The zero-order valence-corrected chi connectivity index (χ0v) is 12.5. The maximum absolute atomic E-state index is 12.5. The summed E-state index contributed by atoms with van der Waals surface area (Å²) in [6.45, 7) is 1.69. The third-order valence-electron chi connectivity index (χ3n) is 4.14. The molecule has 1 saturated carbocycles. The highest BCUT2D eigenvalue weighted by Crippen LogP contribution is 2.29. The molecule has 1 aliphatic carbocycles. The van der Waals surface area contributed by atoms with Crippen molar-refractivity contribution in [1.82, 2.24) is 15.5 Å².